The topological polar surface area (TPSA) is 84.5 Å². The second-order valence-corrected chi connectivity index (χ2v) is 10.2. The molecule has 0 heterocycles. The van der Waals surface area contributed by atoms with E-state index in [-0.39, 0.29) is 11.3 Å². The molecule has 0 saturated heterocycles. The minimum atomic E-state index is -3.96. The fraction of sp³-hybridized carbons (Fsp3) is 0.296. The third-order valence-corrected chi connectivity index (χ3v) is 7.05. The molecule has 6 nitrogen and oxygen atoms in total. The van der Waals surface area contributed by atoms with Crippen molar-refractivity contribution in [2.45, 2.75) is 52.0 Å². The van der Waals surface area contributed by atoms with Gasteiger partial charge in [0, 0.05) is 5.69 Å². The zero-order valence-electron chi connectivity index (χ0n) is 20.3. The highest BCUT2D eigenvalue weighted by Crippen LogP contribution is 2.24. The summed E-state index contributed by atoms with van der Waals surface area (Å²) in [5.74, 6) is 0.218. The second kappa shape index (κ2) is 10.8. The lowest BCUT2D eigenvalue weighted by Crippen LogP contribution is -2.45. The molecule has 7 heteroatoms. The lowest BCUT2D eigenvalue weighted by atomic mass is 10.0. The summed E-state index contributed by atoms with van der Waals surface area (Å²) in [7, 11) is -3.96. The fourth-order valence-corrected chi connectivity index (χ4v) is 5.27. The second-order valence-electron chi connectivity index (χ2n) is 8.49. The maximum atomic E-state index is 13.4. The molecule has 3 aromatic carbocycles. The summed E-state index contributed by atoms with van der Waals surface area (Å²) in [6, 6.07) is 17.0. The maximum Gasteiger partial charge on any atom is 0.242 e. The Kier molecular flexibility index (Phi) is 8.12. The van der Waals surface area contributed by atoms with Gasteiger partial charge in [0.25, 0.3) is 0 Å². The van der Waals surface area contributed by atoms with Crippen LogP contribution in [0.15, 0.2) is 65.6 Å². The Morgan fingerprint density at radius 1 is 0.912 bits per heavy atom. The molecular formula is C27H32N2O4S. The van der Waals surface area contributed by atoms with Crippen molar-refractivity contribution in [3.8, 4) is 5.75 Å². The Bertz CT molecular complexity index is 1250. The van der Waals surface area contributed by atoms with E-state index in [0.29, 0.717) is 23.6 Å². The van der Waals surface area contributed by atoms with E-state index >= 15 is 0 Å². The molecule has 34 heavy (non-hydrogen) atoms. The number of sulfonamides is 1. The standard InChI is InChI=1S/C27H32N2O4S/c1-6-33-25-13-12-23(16-19(25)3)34(31,32)29-24(17-22-10-8-7-9-11-22)27(30)28-26-20(4)14-18(2)15-21(26)5/h7-16,24,29H,6,17H2,1-5H3,(H,28,30)/t24-/m0/s1. The van der Waals surface area contributed by atoms with Crippen molar-refractivity contribution in [2.75, 3.05) is 11.9 Å². The molecule has 0 saturated carbocycles. The van der Waals surface area contributed by atoms with Crippen LogP contribution in [0, 0.1) is 27.7 Å². The van der Waals surface area contributed by atoms with Crippen molar-refractivity contribution < 1.29 is 17.9 Å². The third-order valence-electron chi connectivity index (χ3n) is 5.58. The van der Waals surface area contributed by atoms with Crippen LogP contribution in [-0.4, -0.2) is 27.0 Å². The number of benzene rings is 3. The van der Waals surface area contributed by atoms with Crippen LogP contribution in [0.3, 0.4) is 0 Å². The molecule has 0 radical (unpaired) electrons. The smallest absolute Gasteiger partial charge is 0.242 e. The van der Waals surface area contributed by atoms with Gasteiger partial charge in [0.05, 0.1) is 11.5 Å². The zero-order chi connectivity index (χ0) is 24.9. The summed E-state index contributed by atoms with van der Waals surface area (Å²) in [4.78, 5) is 13.4. The molecule has 0 spiro atoms. The van der Waals surface area contributed by atoms with E-state index in [1.54, 1.807) is 19.1 Å². The summed E-state index contributed by atoms with van der Waals surface area (Å²) in [6.07, 6.45) is 0.214. The van der Waals surface area contributed by atoms with Crippen molar-refractivity contribution in [3.05, 3.63) is 88.5 Å². The number of hydrogen-bond acceptors (Lipinski definition) is 4. The van der Waals surface area contributed by atoms with Crippen molar-refractivity contribution in [1.82, 2.24) is 4.72 Å². The van der Waals surface area contributed by atoms with Crippen LogP contribution < -0.4 is 14.8 Å². The van der Waals surface area contributed by atoms with E-state index in [4.69, 9.17) is 4.74 Å². The molecule has 1 atom stereocenters. The van der Waals surface area contributed by atoms with Gasteiger partial charge in [0.15, 0.2) is 0 Å². The third kappa shape index (κ3) is 6.24. The molecule has 0 unspecified atom stereocenters. The number of aryl methyl sites for hydroxylation is 4. The van der Waals surface area contributed by atoms with E-state index < -0.39 is 22.0 Å². The van der Waals surface area contributed by atoms with Gasteiger partial charge in [-0.25, -0.2) is 8.42 Å². The Labute approximate surface area is 202 Å². The van der Waals surface area contributed by atoms with Crippen LogP contribution in [0.4, 0.5) is 5.69 Å². The van der Waals surface area contributed by atoms with Crippen LogP contribution in [-0.2, 0) is 21.2 Å². The highest BCUT2D eigenvalue weighted by Gasteiger charge is 2.27. The van der Waals surface area contributed by atoms with Crippen LogP contribution >= 0.6 is 0 Å². The zero-order valence-corrected chi connectivity index (χ0v) is 21.1. The molecule has 2 N–H and O–H groups in total. The van der Waals surface area contributed by atoms with Gasteiger partial charge in [0.2, 0.25) is 15.9 Å². The quantitative estimate of drug-likeness (QED) is 0.459. The average molecular weight is 481 g/mol. The molecule has 0 aliphatic carbocycles. The molecule has 0 aliphatic rings. The first-order valence-electron chi connectivity index (χ1n) is 11.3. The van der Waals surface area contributed by atoms with Crippen molar-refractivity contribution in [1.29, 1.82) is 0 Å². The number of anilines is 1. The molecular weight excluding hydrogens is 448 g/mol. The first-order valence-corrected chi connectivity index (χ1v) is 12.8. The summed E-state index contributed by atoms with van der Waals surface area (Å²) in [5.41, 5.74) is 5.21. The molecule has 180 valence electrons. The van der Waals surface area contributed by atoms with Gasteiger partial charge in [0.1, 0.15) is 11.8 Å². The fourth-order valence-electron chi connectivity index (χ4n) is 3.99. The normalized spacial score (nSPS) is 12.3. The highest BCUT2D eigenvalue weighted by molar-refractivity contribution is 7.89. The van der Waals surface area contributed by atoms with E-state index in [1.807, 2.05) is 70.2 Å². The molecule has 0 aromatic heterocycles. The van der Waals surface area contributed by atoms with Crippen molar-refractivity contribution >= 4 is 21.6 Å². The molecule has 3 rings (SSSR count). The summed E-state index contributed by atoms with van der Waals surface area (Å²) < 4.78 is 34.7. The van der Waals surface area contributed by atoms with Gasteiger partial charge in [-0.15, -0.1) is 0 Å². The van der Waals surface area contributed by atoms with Gasteiger partial charge in [-0.3, -0.25) is 4.79 Å². The minimum Gasteiger partial charge on any atom is -0.494 e. The van der Waals surface area contributed by atoms with Crippen molar-refractivity contribution in [3.63, 3.8) is 0 Å². The Morgan fingerprint density at radius 2 is 1.56 bits per heavy atom. The predicted octanol–water partition coefficient (Wildman–Crippen LogP) is 4.85. The predicted molar refractivity (Wildman–Crippen MR) is 136 cm³/mol. The lowest BCUT2D eigenvalue weighted by Gasteiger charge is -2.21. The Morgan fingerprint density at radius 3 is 2.15 bits per heavy atom. The molecule has 3 aromatic rings. The summed E-state index contributed by atoms with van der Waals surface area (Å²) >= 11 is 0. The van der Waals surface area contributed by atoms with Crippen LogP contribution in [0.1, 0.15) is 34.7 Å². The van der Waals surface area contributed by atoms with Crippen LogP contribution in [0.2, 0.25) is 0 Å². The average Bonchev–Trinajstić information content (AvgIpc) is 2.77. The first-order chi connectivity index (χ1) is 16.1. The number of carbonyl (C=O) groups excluding carboxylic acids is 1. The molecule has 1 amide bonds. The lowest BCUT2D eigenvalue weighted by molar-refractivity contribution is -0.117. The number of hydrogen-bond donors (Lipinski definition) is 2. The molecule has 0 aliphatic heterocycles. The monoisotopic (exact) mass is 480 g/mol. The van der Waals surface area contributed by atoms with E-state index in [1.165, 1.54) is 6.07 Å². The SMILES string of the molecule is CCOc1ccc(S(=O)(=O)N[C@@H](Cc2ccccc2)C(=O)Nc2c(C)cc(C)cc2C)cc1C. The van der Waals surface area contributed by atoms with Gasteiger partial charge >= 0.3 is 0 Å². The van der Waals surface area contributed by atoms with E-state index in [0.717, 1.165) is 22.3 Å². The number of carbonyl (C=O) groups is 1. The number of ether oxygens (including phenoxy) is 1. The summed E-state index contributed by atoms with van der Waals surface area (Å²) in [5, 5.41) is 2.95. The van der Waals surface area contributed by atoms with E-state index in [2.05, 4.69) is 10.0 Å². The molecule has 0 bridgehead atoms. The minimum absolute atomic E-state index is 0.0852. The van der Waals surface area contributed by atoms with Gasteiger partial charge in [-0.1, -0.05) is 48.0 Å². The Hall–Kier alpha value is -3.16. The maximum absolute atomic E-state index is 13.4. The van der Waals surface area contributed by atoms with E-state index in [9.17, 15) is 13.2 Å². The number of nitrogens with one attached hydrogen (secondary N) is 2. The Balaban J connectivity index is 1.91. The molecule has 0 fully saturated rings. The first kappa shape index (κ1) is 25.5. The number of rotatable bonds is 9. The van der Waals surface area contributed by atoms with Gasteiger partial charge in [-0.2, -0.15) is 4.72 Å². The summed E-state index contributed by atoms with van der Waals surface area (Å²) in [6.45, 7) is 10.00. The largest absolute Gasteiger partial charge is 0.494 e. The van der Waals surface area contributed by atoms with Crippen LogP contribution in [0.5, 0.6) is 5.75 Å². The van der Waals surface area contributed by atoms with Crippen LogP contribution in [0.25, 0.3) is 0 Å². The van der Waals surface area contributed by atoms with Gasteiger partial charge in [-0.05, 0) is 81.5 Å². The number of amides is 1. The highest BCUT2D eigenvalue weighted by atomic mass is 32.2. The van der Waals surface area contributed by atoms with Crippen molar-refractivity contribution in [2.24, 2.45) is 0 Å². The van der Waals surface area contributed by atoms with Gasteiger partial charge < -0.3 is 10.1 Å².